The van der Waals surface area contributed by atoms with Crippen LogP contribution in [0, 0.1) is 10.1 Å². The topological polar surface area (TPSA) is 61.6 Å². The van der Waals surface area contributed by atoms with Crippen LogP contribution in [0.5, 0.6) is 0 Å². The third-order valence-electron chi connectivity index (χ3n) is 2.22. The van der Waals surface area contributed by atoms with Crippen LogP contribution in [0.2, 0.25) is 0 Å². The normalized spacial score (nSPS) is 11.7. The second-order valence-corrected chi connectivity index (χ2v) is 4.53. The van der Waals surface area contributed by atoms with Crippen LogP contribution in [0.15, 0.2) is 35.0 Å². The molecule has 0 unspecified atom stereocenters. The highest BCUT2D eigenvalue weighted by atomic mass is 32.2. The quantitative estimate of drug-likeness (QED) is 0.334. The molecule has 0 atom stereocenters. The van der Waals surface area contributed by atoms with E-state index in [1.807, 2.05) is 0 Å². The first-order valence-corrected chi connectivity index (χ1v) is 6.38. The lowest BCUT2D eigenvalue weighted by Crippen LogP contribution is -2.06. The summed E-state index contributed by atoms with van der Waals surface area (Å²) in [7, 11) is 2.55. The molecule has 0 saturated heterocycles. The van der Waals surface area contributed by atoms with Gasteiger partial charge in [-0.1, -0.05) is 0 Å². The van der Waals surface area contributed by atoms with Crippen LogP contribution in [-0.4, -0.2) is 31.6 Å². The summed E-state index contributed by atoms with van der Waals surface area (Å²) in [5, 5.41) is 10.8. The second-order valence-electron chi connectivity index (χ2n) is 3.36. The van der Waals surface area contributed by atoms with E-state index in [1.54, 1.807) is 24.3 Å². The Morgan fingerprint density at radius 2 is 1.95 bits per heavy atom. The van der Waals surface area contributed by atoms with Gasteiger partial charge in [-0.3, -0.25) is 14.5 Å². The van der Waals surface area contributed by atoms with Crippen molar-refractivity contribution in [2.45, 2.75) is 4.90 Å². The molecule has 0 aromatic heterocycles. The Kier molecular flexibility index (Phi) is 6.14. The highest BCUT2D eigenvalue weighted by Crippen LogP contribution is 2.24. The molecule has 19 heavy (non-hydrogen) atoms. The summed E-state index contributed by atoms with van der Waals surface area (Å²) in [6.45, 7) is -0.398. The molecule has 0 N–H and O–H groups in total. The Morgan fingerprint density at radius 1 is 1.32 bits per heavy atom. The van der Waals surface area contributed by atoms with Gasteiger partial charge in [-0.15, -0.1) is 11.8 Å². The molecule has 0 saturated carbocycles. The molecule has 0 spiro atoms. The Hall–Kier alpha value is -1.76. The van der Waals surface area contributed by atoms with Gasteiger partial charge in [0.25, 0.3) is 0 Å². The molecule has 0 aliphatic heterocycles. The molecule has 0 aliphatic carbocycles. The lowest BCUT2D eigenvalue weighted by atomic mass is 10.2. The summed E-state index contributed by atoms with van der Waals surface area (Å²) >= 11 is 1.37. The Morgan fingerprint density at radius 3 is 2.37 bits per heavy atom. The van der Waals surface area contributed by atoms with Crippen molar-refractivity contribution < 1.29 is 18.8 Å². The number of methoxy groups -OCH3 is 2. The van der Waals surface area contributed by atoms with Crippen molar-refractivity contribution in [3.63, 3.8) is 0 Å². The molecular formula is C12H14FNO4S. The molecule has 0 radical (unpaired) electrons. The zero-order valence-corrected chi connectivity index (χ0v) is 11.4. The van der Waals surface area contributed by atoms with E-state index in [0.29, 0.717) is 11.3 Å². The van der Waals surface area contributed by atoms with Crippen LogP contribution in [0.4, 0.5) is 4.39 Å². The molecule has 7 heteroatoms. The number of nitro groups is 1. The lowest BCUT2D eigenvalue weighted by molar-refractivity contribution is -0.461. The highest BCUT2D eigenvalue weighted by molar-refractivity contribution is 7.99. The number of alkyl halides is 1. The minimum Gasteiger partial charge on any atom is -0.487 e. The zero-order chi connectivity index (χ0) is 14.3. The highest BCUT2D eigenvalue weighted by Gasteiger charge is 2.22. The maximum atomic E-state index is 12.0. The van der Waals surface area contributed by atoms with E-state index in [2.05, 4.69) is 0 Å². The number of thioether (sulfide) groups is 1. The summed E-state index contributed by atoms with van der Waals surface area (Å²) in [6, 6.07) is 6.84. The smallest absolute Gasteiger partial charge is 0.471 e. The number of nitrogens with zero attached hydrogens (tertiary/aromatic N) is 1. The van der Waals surface area contributed by atoms with Gasteiger partial charge in [0.2, 0.25) is 5.76 Å². The molecule has 1 aromatic carbocycles. The van der Waals surface area contributed by atoms with E-state index in [0.717, 1.165) is 4.90 Å². The summed E-state index contributed by atoms with van der Waals surface area (Å²) in [5.74, 6) is -0.0222. The van der Waals surface area contributed by atoms with Gasteiger partial charge in [0.05, 0.1) is 20.9 Å². The van der Waals surface area contributed by atoms with Gasteiger partial charge in [0.15, 0.2) is 0 Å². The Bertz CT molecular complexity index is 461. The standard InChI is InChI=1S/C12H14FNO4S/c1-17-11(12(18-2)14(15)16)9-3-5-10(6-4-9)19-8-7-13/h3-6H,7-8H2,1-2H3. The van der Waals surface area contributed by atoms with Crippen molar-refractivity contribution in [2.24, 2.45) is 0 Å². The van der Waals surface area contributed by atoms with E-state index in [1.165, 1.54) is 26.0 Å². The SMILES string of the molecule is COC(=C(OC)[N+](=O)[O-])c1ccc(SCCF)cc1. The van der Waals surface area contributed by atoms with E-state index >= 15 is 0 Å². The van der Waals surface area contributed by atoms with Gasteiger partial charge in [0.1, 0.15) is 4.92 Å². The van der Waals surface area contributed by atoms with Crippen molar-refractivity contribution in [3.05, 3.63) is 45.8 Å². The van der Waals surface area contributed by atoms with Crippen LogP contribution in [-0.2, 0) is 9.47 Å². The average Bonchev–Trinajstić information content (AvgIpc) is 2.42. The van der Waals surface area contributed by atoms with Gasteiger partial charge in [-0.25, -0.2) is 0 Å². The lowest BCUT2D eigenvalue weighted by Gasteiger charge is -2.07. The van der Waals surface area contributed by atoms with Crippen molar-refractivity contribution in [2.75, 3.05) is 26.6 Å². The number of halogens is 1. The van der Waals surface area contributed by atoms with Crippen molar-refractivity contribution >= 4 is 17.5 Å². The number of ether oxygens (including phenoxy) is 2. The zero-order valence-electron chi connectivity index (χ0n) is 10.6. The maximum absolute atomic E-state index is 12.0. The van der Waals surface area contributed by atoms with E-state index in [4.69, 9.17) is 9.47 Å². The number of rotatable bonds is 7. The fourth-order valence-corrected chi connectivity index (χ4v) is 2.08. The van der Waals surface area contributed by atoms with Crippen molar-refractivity contribution in [1.29, 1.82) is 0 Å². The molecular weight excluding hydrogens is 273 g/mol. The Labute approximate surface area is 114 Å². The molecule has 0 fully saturated rings. The van der Waals surface area contributed by atoms with Gasteiger partial charge in [0, 0.05) is 16.2 Å². The first-order valence-electron chi connectivity index (χ1n) is 5.39. The molecule has 0 amide bonds. The van der Waals surface area contributed by atoms with Crippen molar-refractivity contribution in [1.82, 2.24) is 0 Å². The van der Waals surface area contributed by atoms with Gasteiger partial charge in [-0.05, 0) is 24.3 Å². The number of hydrogen-bond acceptors (Lipinski definition) is 5. The molecule has 104 valence electrons. The minimum absolute atomic E-state index is 0.0505. The van der Waals surface area contributed by atoms with Crippen LogP contribution in [0.1, 0.15) is 5.56 Å². The summed E-state index contributed by atoms with van der Waals surface area (Å²) in [5.41, 5.74) is 0.528. The molecule has 1 aromatic rings. The third-order valence-corrected chi connectivity index (χ3v) is 3.18. The van der Waals surface area contributed by atoms with Crippen LogP contribution >= 0.6 is 11.8 Å². The van der Waals surface area contributed by atoms with Gasteiger partial charge in [-0.2, -0.15) is 0 Å². The van der Waals surface area contributed by atoms with Crippen LogP contribution in [0.25, 0.3) is 5.76 Å². The largest absolute Gasteiger partial charge is 0.487 e. The van der Waals surface area contributed by atoms with E-state index in [-0.39, 0.29) is 5.76 Å². The fraction of sp³-hybridized carbons (Fsp3) is 0.333. The monoisotopic (exact) mass is 287 g/mol. The first kappa shape index (κ1) is 15.3. The summed E-state index contributed by atoms with van der Waals surface area (Å²) in [4.78, 5) is 11.0. The number of hydrogen-bond donors (Lipinski definition) is 0. The molecule has 0 bridgehead atoms. The van der Waals surface area contributed by atoms with Gasteiger partial charge < -0.3 is 9.47 Å². The molecule has 0 aliphatic rings. The van der Waals surface area contributed by atoms with E-state index in [9.17, 15) is 14.5 Å². The maximum Gasteiger partial charge on any atom is 0.471 e. The van der Waals surface area contributed by atoms with Crippen LogP contribution < -0.4 is 0 Å². The average molecular weight is 287 g/mol. The third kappa shape index (κ3) is 4.13. The summed E-state index contributed by atoms with van der Waals surface area (Å²) < 4.78 is 21.8. The second kappa shape index (κ2) is 7.63. The van der Waals surface area contributed by atoms with Gasteiger partial charge >= 0.3 is 5.88 Å². The predicted molar refractivity (Wildman–Crippen MR) is 71.1 cm³/mol. The minimum atomic E-state index is -0.648. The molecule has 5 nitrogen and oxygen atoms in total. The van der Waals surface area contributed by atoms with E-state index < -0.39 is 17.5 Å². The first-order chi connectivity index (χ1) is 9.13. The molecule has 1 rings (SSSR count). The van der Waals surface area contributed by atoms with Crippen LogP contribution in [0.3, 0.4) is 0 Å². The predicted octanol–water partition coefficient (Wildman–Crippen LogP) is 2.94. The summed E-state index contributed by atoms with van der Waals surface area (Å²) in [6.07, 6.45) is 0. The van der Waals surface area contributed by atoms with Crippen molar-refractivity contribution in [3.8, 4) is 0 Å². The number of benzene rings is 1. The fourth-order valence-electron chi connectivity index (χ4n) is 1.44. The molecule has 0 heterocycles. The Balaban J connectivity index is 3.03.